The molecule has 0 atom stereocenters. The van der Waals surface area contributed by atoms with Gasteiger partial charge in [-0.25, -0.2) is 4.79 Å². The Balaban J connectivity index is 0.000000317. The van der Waals surface area contributed by atoms with Crippen LogP contribution in [0.15, 0.2) is 48.7 Å². The van der Waals surface area contributed by atoms with E-state index in [0.717, 1.165) is 45.8 Å². The molecular weight excluding hydrogens is 480 g/mol. The van der Waals surface area contributed by atoms with Crippen LogP contribution in [-0.2, 0) is 27.5 Å². The number of benzene rings is 1. The van der Waals surface area contributed by atoms with Crippen molar-refractivity contribution in [2.24, 2.45) is 0 Å². The van der Waals surface area contributed by atoms with Crippen LogP contribution < -0.4 is 0 Å². The summed E-state index contributed by atoms with van der Waals surface area (Å²) in [5.74, 6) is -5.02. The molecule has 37 heavy (non-hydrogen) atoms. The average molecular weight is 517 g/mol. The molecule has 2 heterocycles. The van der Waals surface area contributed by atoms with Crippen molar-refractivity contribution >= 4 is 17.9 Å². The van der Waals surface area contributed by atoms with Crippen LogP contribution in [0.1, 0.15) is 36.6 Å². The summed E-state index contributed by atoms with van der Waals surface area (Å²) in [6, 6.07) is 10.5. The van der Waals surface area contributed by atoms with Crippen molar-refractivity contribution in [3.8, 4) is 0 Å². The highest BCUT2D eigenvalue weighted by Gasteiger charge is 2.40. The van der Waals surface area contributed by atoms with Crippen LogP contribution in [-0.4, -0.2) is 96.2 Å². The third-order valence-electron chi connectivity index (χ3n) is 6.02. The number of piperazine rings is 1. The zero-order valence-corrected chi connectivity index (χ0v) is 21.3. The molecule has 0 saturated carbocycles. The lowest BCUT2D eigenvalue weighted by Gasteiger charge is -2.34. The van der Waals surface area contributed by atoms with E-state index >= 15 is 0 Å². The monoisotopic (exact) mass is 516 g/mol. The van der Waals surface area contributed by atoms with Gasteiger partial charge in [0, 0.05) is 50.5 Å². The van der Waals surface area contributed by atoms with Gasteiger partial charge in [0.25, 0.3) is 0 Å². The minimum absolute atomic E-state index is 0.846. The van der Waals surface area contributed by atoms with Crippen LogP contribution in [0.5, 0.6) is 0 Å². The molecule has 0 amide bonds. The number of hydrogen-bond donors (Lipinski definition) is 4. The normalized spacial score (nSPS) is 14.5. The van der Waals surface area contributed by atoms with Gasteiger partial charge in [0.15, 0.2) is 5.60 Å². The van der Waals surface area contributed by atoms with Crippen molar-refractivity contribution in [3.05, 3.63) is 65.5 Å². The Bertz CT molecular complexity index is 1060. The second-order valence-electron chi connectivity index (χ2n) is 9.39. The number of carboxylic acids is 3. The summed E-state index contributed by atoms with van der Waals surface area (Å²) in [6.07, 6.45) is -0.248. The van der Waals surface area contributed by atoms with E-state index < -0.39 is 36.4 Å². The van der Waals surface area contributed by atoms with Gasteiger partial charge in [-0.3, -0.25) is 24.1 Å². The van der Waals surface area contributed by atoms with Crippen LogP contribution in [0.3, 0.4) is 0 Å². The highest BCUT2D eigenvalue weighted by Crippen LogP contribution is 2.16. The number of aliphatic carboxylic acids is 3. The minimum atomic E-state index is -2.74. The molecule has 1 aromatic heterocycles. The fraction of sp³-hybridized carbons (Fsp3) is 0.462. The van der Waals surface area contributed by atoms with Gasteiger partial charge in [0.2, 0.25) is 0 Å². The first-order valence-corrected chi connectivity index (χ1v) is 11.9. The van der Waals surface area contributed by atoms with Gasteiger partial charge >= 0.3 is 17.9 Å². The van der Waals surface area contributed by atoms with Crippen molar-refractivity contribution in [3.63, 3.8) is 0 Å². The molecule has 1 aliphatic heterocycles. The van der Waals surface area contributed by atoms with Gasteiger partial charge in [-0.1, -0.05) is 42.5 Å². The number of carbonyl (C=O) groups is 3. The van der Waals surface area contributed by atoms with E-state index in [-0.39, 0.29) is 0 Å². The first-order chi connectivity index (χ1) is 17.4. The summed E-state index contributed by atoms with van der Waals surface area (Å²) in [4.78, 5) is 35.5. The summed E-state index contributed by atoms with van der Waals surface area (Å²) in [5.41, 5.74) is 2.44. The van der Waals surface area contributed by atoms with Crippen LogP contribution >= 0.6 is 0 Å². The van der Waals surface area contributed by atoms with Crippen molar-refractivity contribution < 1.29 is 34.8 Å². The largest absolute Gasteiger partial charge is 0.481 e. The summed E-state index contributed by atoms with van der Waals surface area (Å²) < 4.78 is 2.11. The van der Waals surface area contributed by atoms with Gasteiger partial charge in [-0.2, -0.15) is 5.10 Å². The Morgan fingerprint density at radius 2 is 1.49 bits per heavy atom. The Morgan fingerprint density at radius 1 is 0.946 bits per heavy atom. The molecule has 4 N–H and O–H groups in total. The minimum Gasteiger partial charge on any atom is -0.481 e. The first kappa shape index (κ1) is 29.7. The van der Waals surface area contributed by atoms with E-state index in [1.54, 1.807) is 0 Å². The zero-order valence-electron chi connectivity index (χ0n) is 21.3. The zero-order chi connectivity index (χ0) is 27.6. The maximum atomic E-state index is 10.3. The molecule has 1 fully saturated rings. The van der Waals surface area contributed by atoms with Crippen molar-refractivity contribution in [2.75, 3.05) is 32.7 Å². The SMILES string of the molecule is C=C(C)CN1CCN(Cc2cnn(Cc3ccccc3)c2C)CC1.O=C(O)CC(O)(CC(=O)O)C(=O)O. The fourth-order valence-corrected chi connectivity index (χ4v) is 4.00. The van der Waals surface area contributed by atoms with E-state index in [1.165, 1.54) is 22.4 Å². The molecule has 202 valence electrons. The van der Waals surface area contributed by atoms with Gasteiger partial charge in [-0.15, -0.1) is 0 Å². The average Bonchev–Trinajstić information content (AvgIpc) is 3.13. The highest BCUT2D eigenvalue weighted by atomic mass is 16.4. The maximum absolute atomic E-state index is 10.3. The maximum Gasteiger partial charge on any atom is 0.336 e. The lowest BCUT2D eigenvalue weighted by molar-refractivity contribution is -0.170. The summed E-state index contributed by atoms with van der Waals surface area (Å²) in [5, 5.41) is 38.4. The molecule has 0 unspecified atom stereocenters. The summed E-state index contributed by atoms with van der Waals surface area (Å²) in [7, 11) is 0. The number of aliphatic hydroxyl groups is 1. The van der Waals surface area contributed by atoms with E-state index in [2.05, 4.69) is 70.3 Å². The summed E-state index contributed by atoms with van der Waals surface area (Å²) >= 11 is 0. The van der Waals surface area contributed by atoms with Crippen molar-refractivity contribution in [1.29, 1.82) is 0 Å². The number of aromatic nitrogens is 2. The predicted molar refractivity (Wildman–Crippen MR) is 136 cm³/mol. The standard InChI is InChI=1S/C20H28N4.C6H8O7/c1-17(2)14-22-9-11-23(12-10-22)16-20-13-21-24(18(20)3)15-19-7-5-4-6-8-19;7-3(8)1-6(13,5(11)12)2-4(9)10/h4-8,13H,1,9-12,14-16H2,2-3H3;13H,1-2H2,(H,7,8)(H,9,10)(H,11,12). The number of rotatable bonds is 11. The second kappa shape index (κ2) is 13.7. The lowest BCUT2D eigenvalue weighted by Crippen LogP contribution is -2.46. The van der Waals surface area contributed by atoms with Gasteiger partial charge in [-0.05, 0) is 19.4 Å². The summed E-state index contributed by atoms with van der Waals surface area (Å²) in [6.45, 7) is 15.7. The molecule has 1 saturated heterocycles. The third-order valence-corrected chi connectivity index (χ3v) is 6.02. The molecule has 0 aliphatic carbocycles. The van der Waals surface area contributed by atoms with Crippen LogP contribution in [0.4, 0.5) is 0 Å². The van der Waals surface area contributed by atoms with Crippen molar-refractivity contribution in [1.82, 2.24) is 19.6 Å². The Morgan fingerprint density at radius 3 is 1.97 bits per heavy atom. The fourth-order valence-electron chi connectivity index (χ4n) is 4.00. The van der Waals surface area contributed by atoms with Gasteiger partial charge in [0.05, 0.1) is 25.6 Å². The Labute approximate surface area is 216 Å². The van der Waals surface area contributed by atoms with Crippen LogP contribution in [0.2, 0.25) is 0 Å². The van der Waals surface area contributed by atoms with Crippen LogP contribution in [0, 0.1) is 6.92 Å². The van der Waals surface area contributed by atoms with E-state index in [1.807, 2.05) is 6.20 Å². The topological polar surface area (TPSA) is 156 Å². The third kappa shape index (κ3) is 9.79. The molecule has 11 heteroatoms. The Hall–Kier alpha value is -3.54. The van der Waals surface area contributed by atoms with Gasteiger partial charge < -0.3 is 20.4 Å². The molecule has 1 aliphatic rings. The second-order valence-corrected chi connectivity index (χ2v) is 9.39. The van der Waals surface area contributed by atoms with E-state index in [0.29, 0.717) is 0 Å². The smallest absolute Gasteiger partial charge is 0.336 e. The quantitative estimate of drug-likeness (QED) is 0.324. The number of carboxylic acid groups (broad SMARTS) is 3. The molecule has 2 aromatic rings. The highest BCUT2D eigenvalue weighted by molar-refractivity contribution is 5.88. The molecule has 11 nitrogen and oxygen atoms in total. The van der Waals surface area contributed by atoms with Crippen molar-refractivity contribution in [2.45, 2.75) is 45.4 Å². The number of hydrogen-bond acceptors (Lipinski definition) is 7. The molecule has 1 aromatic carbocycles. The van der Waals surface area contributed by atoms with Crippen LogP contribution in [0.25, 0.3) is 0 Å². The first-order valence-electron chi connectivity index (χ1n) is 11.9. The molecule has 3 rings (SSSR count). The molecule has 0 bridgehead atoms. The molecular formula is C26H36N4O7. The molecule has 0 radical (unpaired) electrons. The van der Waals surface area contributed by atoms with E-state index in [4.69, 9.17) is 20.4 Å². The Kier molecular flexibility index (Phi) is 11.0. The van der Waals surface area contributed by atoms with Gasteiger partial charge in [0.1, 0.15) is 0 Å². The lowest BCUT2D eigenvalue weighted by atomic mass is 9.96. The van der Waals surface area contributed by atoms with E-state index in [9.17, 15) is 14.4 Å². The predicted octanol–water partition coefficient (Wildman–Crippen LogP) is 1.69. The number of nitrogens with zero attached hydrogens (tertiary/aromatic N) is 4. The molecule has 0 spiro atoms.